The van der Waals surface area contributed by atoms with E-state index in [4.69, 9.17) is 0 Å². The Hall–Kier alpha value is -3.47. The first kappa shape index (κ1) is 17.9. The minimum atomic E-state index is -0.537. The summed E-state index contributed by atoms with van der Waals surface area (Å²) in [6, 6.07) is 19.0. The number of aromatic nitrogens is 3. The van der Waals surface area contributed by atoms with Crippen molar-refractivity contribution in [2.24, 2.45) is 0 Å². The van der Waals surface area contributed by atoms with Crippen LogP contribution in [0.25, 0.3) is 0 Å². The molecule has 2 atom stereocenters. The van der Waals surface area contributed by atoms with Crippen LogP contribution in [0, 0.1) is 11.8 Å². The molecule has 0 aliphatic rings. The van der Waals surface area contributed by atoms with Crippen LogP contribution in [-0.2, 0) is 0 Å². The van der Waals surface area contributed by atoms with Gasteiger partial charge in [-0.25, -0.2) is 9.37 Å². The number of hydrogen-bond donors (Lipinski definition) is 0. The van der Waals surface area contributed by atoms with E-state index in [1.54, 1.807) is 36.8 Å². The molecule has 3 nitrogen and oxygen atoms in total. The number of halogens is 2. The van der Waals surface area contributed by atoms with Crippen molar-refractivity contribution in [3.05, 3.63) is 126 Å². The van der Waals surface area contributed by atoms with Gasteiger partial charge in [0, 0.05) is 42.3 Å². The molecule has 0 saturated heterocycles. The van der Waals surface area contributed by atoms with Gasteiger partial charge < -0.3 is 0 Å². The molecule has 1 aromatic carbocycles. The lowest BCUT2D eigenvalue weighted by atomic mass is 9.76. The van der Waals surface area contributed by atoms with Gasteiger partial charge in [-0.3, -0.25) is 9.97 Å². The maximum absolute atomic E-state index is 13.6. The second kappa shape index (κ2) is 8.05. The first-order valence-electron chi connectivity index (χ1n) is 8.90. The van der Waals surface area contributed by atoms with Gasteiger partial charge in [-0.1, -0.05) is 30.3 Å². The molecule has 0 aliphatic heterocycles. The molecule has 3 aromatic heterocycles. The van der Waals surface area contributed by atoms with E-state index in [1.807, 2.05) is 30.3 Å². The Morgan fingerprint density at radius 1 is 0.607 bits per heavy atom. The molecule has 0 N–H and O–H groups in total. The molecule has 0 saturated carbocycles. The third-order valence-electron chi connectivity index (χ3n) is 4.72. The summed E-state index contributed by atoms with van der Waals surface area (Å²) in [6.07, 6.45) is 6.76. The van der Waals surface area contributed by atoms with Crippen LogP contribution in [-0.4, -0.2) is 15.0 Å². The molecule has 138 valence electrons. The fourth-order valence-electron chi connectivity index (χ4n) is 3.47. The Morgan fingerprint density at radius 3 is 2.04 bits per heavy atom. The van der Waals surface area contributed by atoms with E-state index in [1.165, 1.54) is 24.4 Å². The number of rotatable bonds is 5. The molecule has 0 aliphatic carbocycles. The molecule has 0 radical (unpaired) electrons. The van der Waals surface area contributed by atoms with Gasteiger partial charge >= 0.3 is 0 Å². The highest BCUT2D eigenvalue weighted by molar-refractivity contribution is 5.41. The van der Waals surface area contributed by atoms with Gasteiger partial charge in [0.1, 0.15) is 5.82 Å². The molecule has 5 heteroatoms. The van der Waals surface area contributed by atoms with Crippen molar-refractivity contribution in [1.29, 1.82) is 0 Å². The Balaban J connectivity index is 1.93. The summed E-state index contributed by atoms with van der Waals surface area (Å²) in [5, 5.41) is 0. The summed E-state index contributed by atoms with van der Waals surface area (Å²) in [7, 11) is 0. The fourth-order valence-corrected chi connectivity index (χ4v) is 3.47. The van der Waals surface area contributed by atoms with E-state index in [-0.39, 0.29) is 17.7 Å². The molecule has 4 aromatic rings. The molecule has 0 spiro atoms. The van der Waals surface area contributed by atoms with Crippen LogP contribution in [0.2, 0.25) is 0 Å². The van der Waals surface area contributed by atoms with Crippen LogP contribution in [0.4, 0.5) is 8.78 Å². The molecule has 3 heterocycles. The van der Waals surface area contributed by atoms with Crippen LogP contribution >= 0.6 is 0 Å². The van der Waals surface area contributed by atoms with Crippen LogP contribution in [0.3, 0.4) is 0 Å². The molecule has 28 heavy (non-hydrogen) atoms. The highest BCUT2D eigenvalue weighted by Crippen LogP contribution is 2.41. The highest BCUT2D eigenvalue weighted by Gasteiger charge is 2.29. The van der Waals surface area contributed by atoms with Gasteiger partial charge in [0.25, 0.3) is 0 Å². The molecular weight excluding hydrogens is 356 g/mol. The molecule has 0 bridgehead atoms. The van der Waals surface area contributed by atoms with Crippen molar-refractivity contribution in [3.63, 3.8) is 0 Å². The van der Waals surface area contributed by atoms with Gasteiger partial charge in [0.05, 0.1) is 0 Å². The van der Waals surface area contributed by atoms with E-state index in [2.05, 4.69) is 15.0 Å². The number of hydrogen-bond acceptors (Lipinski definition) is 3. The second-order valence-electron chi connectivity index (χ2n) is 6.46. The number of nitrogens with zero attached hydrogens (tertiary/aromatic N) is 3. The Morgan fingerprint density at radius 2 is 1.39 bits per heavy atom. The van der Waals surface area contributed by atoms with Crippen LogP contribution in [0.5, 0.6) is 0 Å². The average Bonchev–Trinajstić information content (AvgIpc) is 2.75. The zero-order valence-corrected chi connectivity index (χ0v) is 14.9. The fraction of sp³-hybridized carbons (Fsp3) is 0.0870. The van der Waals surface area contributed by atoms with Crippen molar-refractivity contribution in [1.82, 2.24) is 15.0 Å². The first-order valence-corrected chi connectivity index (χ1v) is 8.90. The van der Waals surface area contributed by atoms with Crippen LogP contribution in [0.1, 0.15) is 34.2 Å². The standard InChI is InChI=1S/C23H17F2N3/c24-19-9-6-16(7-10-19)23(20-5-1-2-13-27-20)22(17-4-3-12-26-14-17)18-8-11-21(25)28-15-18/h1-15,22-23H. The topological polar surface area (TPSA) is 38.7 Å². The Labute approximate surface area is 161 Å². The Kier molecular flexibility index (Phi) is 5.15. The van der Waals surface area contributed by atoms with E-state index in [0.29, 0.717) is 0 Å². The SMILES string of the molecule is Fc1ccc(C(c2ccccn2)C(c2cccnc2)c2ccc(F)nc2)cc1. The number of benzene rings is 1. The maximum atomic E-state index is 13.6. The van der Waals surface area contributed by atoms with Gasteiger partial charge in [0.15, 0.2) is 0 Å². The molecular formula is C23H17F2N3. The largest absolute Gasteiger partial charge is 0.264 e. The molecule has 4 rings (SSSR count). The van der Waals surface area contributed by atoms with Crippen molar-refractivity contribution >= 4 is 0 Å². The monoisotopic (exact) mass is 373 g/mol. The third kappa shape index (κ3) is 3.78. The van der Waals surface area contributed by atoms with Crippen molar-refractivity contribution in [2.75, 3.05) is 0 Å². The average molecular weight is 373 g/mol. The van der Waals surface area contributed by atoms with Crippen molar-refractivity contribution in [2.45, 2.75) is 11.8 Å². The maximum Gasteiger partial charge on any atom is 0.212 e. The van der Waals surface area contributed by atoms with Crippen molar-refractivity contribution < 1.29 is 8.78 Å². The van der Waals surface area contributed by atoms with Gasteiger partial charge in [0.2, 0.25) is 5.95 Å². The van der Waals surface area contributed by atoms with Gasteiger partial charge in [-0.05, 0) is 53.1 Å². The lowest BCUT2D eigenvalue weighted by Gasteiger charge is -2.28. The lowest BCUT2D eigenvalue weighted by molar-refractivity contribution is 0.578. The summed E-state index contributed by atoms with van der Waals surface area (Å²) >= 11 is 0. The first-order chi connectivity index (χ1) is 13.7. The quantitative estimate of drug-likeness (QED) is 0.456. The predicted octanol–water partition coefficient (Wildman–Crippen LogP) is 5.11. The summed E-state index contributed by atoms with van der Waals surface area (Å²) in [4.78, 5) is 12.7. The zero-order valence-electron chi connectivity index (χ0n) is 14.9. The minimum absolute atomic E-state index is 0.220. The van der Waals surface area contributed by atoms with Crippen LogP contribution < -0.4 is 0 Å². The summed E-state index contributed by atoms with van der Waals surface area (Å²) in [5.41, 5.74) is 3.50. The molecule has 2 unspecified atom stereocenters. The highest BCUT2D eigenvalue weighted by atomic mass is 19.1. The van der Waals surface area contributed by atoms with Crippen LogP contribution in [0.15, 0.2) is 91.5 Å². The van der Waals surface area contributed by atoms with Gasteiger partial charge in [-0.15, -0.1) is 0 Å². The summed E-state index contributed by atoms with van der Waals surface area (Å²) < 4.78 is 27.0. The van der Waals surface area contributed by atoms with E-state index in [9.17, 15) is 8.78 Å². The zero-order chi connectivity index (χ0) is 19.3. The van der Waals surface area contributed by atoms with Gasteiger partial charge in [-0.2, -0.15) is 4.39 Å². The normalized spacial score (nSPS) is 13.1. The summed E-state index contributed by atoms with van der Waals surface area (Å²) in [6.45, 7) is 0. The minimum Gasteiger partial charge on any atom is -0.264 e. The predicted molar refractivity (Wildman–Crippen MR) is 103 cm³/mol. The second-order valence-corrected chi connectivity index (χ2v) is 6.46. The lowest BCUT2D eigenvalue weighted by Crippen LogP contribution is -2.16. The van der Waals surface area contributed by atoms with Crippen molar-refractivity contribution in [3.8, 4) is 0 Å². The summed E-state index contributed by atoms with van der Waals surface area (Å²) in [5.74, 6) is -1.28. The Bertz CT molecular complexity index is 934. The van der Waals surface area contributed by atoms with E-state index < -0.39 is 5.95 Å². The smallest absolute Gasteiger partial charge is 0.212 e. The third-order valence-corrected chi connectivity index (χ3v) is 4.72. The molecule has 0 fully saturated rings. The van der Waals surface area contributed by atoms with E-state index >= 15 is 0 Å². The molecule has 0 amide bonds. The number of pyridine rings is 3. The van der Waals surface area contributed by atoms with E-state index in [0.717, 1.165) is 22.4 Å².